The number of ether oxygens (including phenoxy) is 1. The second kappa shape index (κ2) is 12.5. The minimum atomic E-state index is -4.39. The third kappa shape index (κ3) is 7.38. The van der Waals surface area contributed by atoms with Gasteiger partial charge in [-0.2, -0.15) is 24.5 Å². The number of thioether (sulfide) groups is 1. The van der Waals surface area contributed by atoms with Crippen LogP contribution in [0.25, 0.3) is 21.7 Å². The van der Waals surface area contributed by atoms with E-state index in [4.69, 9.17) is 14.8 Å². The molecule has 41 heavy (non-hydrogen) atoms. The lowest BCUT2D eigenvalue weighted by Crippen LogP contribution is -2.09. The van der Waals surface area contributed by atoms with Gasteiger partial charge < -0.3 is 9.84 Å². The van der Waals surface area contributed by atoms with Crippen molar-refractivity contribution in [2.45, 2.75) is 30.2 Å². The largest absolute Gasteiger partial charge is 0.482 e. The molecule has 10 heteroatoms. The second-order valence-corrected chi connectivity index (χ2v) is 12.2. The van der Waals surface area contributed by atoms with Gasteiger partial charge in [0.15, 0.2) is 6.61 Å². The molecule has 210 valence electrons. The van der Waals surface area contributed by atoms with E-state index in [9.17, 15) is 18.0 Å². The van der Waals surface area contributed by atoms with E-state index in [1.165, 1.54) is 29.0 Å². The maximum absolute atomic E-state index is 13.1. The number of benzene rings is 3. The number of nitrogens with zero attached hydrogens (tertiary/aromatic N) is 1. The number of alkyl halides is 3. The van der Waals surface area contributed by atoms with Gasteiger partial charge in [-0.15, -0.1) is 23.1 Å². The molecule has 0 aliphatic rings. The molecular weight excluding hydrogens is 588 g/mol. The fourth-order valence-electron chi connectivity index (χ4n) is 4.16. The first-order valence-electron chi connectivity index (χ1n) is 12.5. The van der Waals surface area contributed by atoms with Crippen molar-refractivity contribution in [3.8, 4) is 27.4 Å². The van der Waals surface area contributed by atoms with Crippen molar-refractivity contribution in [3.63, 3.8) is 0 Å². The lowest BCUT2D eigenvalue weighted by molar-refractivity contribution is -0.139. The van der Waals surface area contributed by atoms with Gasteiger partial charge in [-0.3, -0.25) is 0 Å². The fourth-order valence-corrected chi connectivity index (χ4v) is 7.00. The summed E-state index contributed by atoms with van der Waals surface area (Å²) in [6.07, 6.45) is -3.80. The normalized spacial score (nSPS) is 11.5. The van der Waals surface area contributed by atoms with Gasteiger partial charge in [0.2, 0.25) is 0 Å². The molecule has 0 spiro atoms. The van der Waals surface area contributed by atoms with Crippen LogP contribution in [0.4, 0.5) is 13.2 Å². The molecule has 0 aliphatic carbocycles. The van der Waals surface area contributed by atoms with E-state index in [0.29, 0.717) is 28.5 Å². The predicted molar refractivity (Wildman–Crippen MR) is 159 cm³/mol. The zero-order valence-electron chi connectivity index (χ0n) is 21.8. The van der Waals surface area contributed by atoms with Crippen molar-refractivity contribution in [1.82, 2.24) is 4.98 Å². The number of carboxylic acids is 1. The summed E-state index contributed by atoms with van der Waals surface area (Å²) in [6, 6.07) is 21.1. The average molecular weight is 612 g/mol. The Balaban J connectivity index is 1.38. The molecule has 0 aliphatic heterocycles. The Morgan fingerprint density at radius 1 is 0.976 bits per heavy atom. The molecule has 4 nitrogen and oxygen atoms in total. The lowest BCUT2D eigenvalue weighted by Gasteiger charge is -2.09. The van der Waals surface area contributed by atoms with Crippen LogP contribution in [0, 0.1) is 6.92 Å². The quantitative estimate of drug-likeness (QED) is 0.160. The molecule has 0 atom stereocenters. The number of halogens is 3. The van der Waals surface area contributed by atoms with Gasteiger partial charge in [-0.05, 0) is 76.3 Å². The molecule has 0 bridgehead atoms. The first kappa shape index (κ1) is 28.9. The highest BCUT2D eigenvalue weighted by Gasteiger charge is 2.30. The average Bonchev–Trinajstić information content (AvgIpc) is 3.62. The van der Waals surface area contributed by atoms with E-state index in [1.807, 2.05) is 24.4 Å². The number of rotatable bonds is 10. The third-order valence-electron chi connectivity index (χ3n) is 6.28. The Hall–Kier alpha value is -3.60. The van der Waals surface area contributed by atoms with Crippen LogP contribution in [-0.4, -0.2) is 22.7 Å². The number of carboxylic acid groups (broad SMARTS) is 1. The number of aromatic nitrogens is 1. The molecule has 0 saturated carbocycles. The maximum Gasteiger partial charge on any atom is 0.416 e. The highest BCUT2D eigenvalue weighted by molar-refractivity contribution is 7.98. The van der Waals surface area contributed by atoms with Crippen LogP contribution >= 0.6 is 34.4 Å². The number of hydrogen-bond acceptors (Lipinski definition) is 6. The summed E-state index contributed by atoms with van der Waals surface area (Å²) in [5.41, 5.74) is 5.08. The SMILES string of the molecule is Cc1cc(SCc2sc(-c3ccc(C(F)(F)F)cc3)nc2Cc2ccc(-c3ccsc3)cc2)ccc1OCC(=O)O. The third-order valence-corrected chi connectivity index (χ3v) is 9.32. The Kier molecular flexibility index (Phi) is 8.82. The van der Waals surface area contributed by atoms with E-state index >= 15 is 0 Å². The van der Waals surface area contributed by atoms with E-state index in [1.54, 1.807) is 29.2 Å². The van der Waals surface area contributed by atoms with Gasteiger partial charge in [0.05, 0.1) is 11.3 Å². The smallest absolute Gasteiger partial charge is 0.416 e. The van der Waals surface area contributed by atoms with Gasteiger partial charge >= 0.3 is 12.1 Å². The van der Waals surface area contributed by atoms with Crippen LogP contribution in [0.1, 0.15) is 27.3 Å². The van der Waals surface area contributed by atoms with Crippen molar-refractivity contribution >= 4 is 40.4 Å². The zero-order valence-corrected chi connectivity index (χ0v) is 24.2. The van der Waals surface area contributed by atoms with Crippen LogP contribution in [0.15, 0.2) is 88.5 Å². The minimum Gasteiger partial charge on any atom is -0.482 e. The van der Waals surface area contributed by atoms with Crippen molar-refractivity contribution in [3.05, 3.63) is 111 Å². The Morgan fingerprint density at radius 3 is 2.34 bits per heavy atom. The topological polar surface area (TPSA) is 59.4 Å². The lowest BCUT2D eigenvalue weighted by atomic mass is 10.0. The maximum atomic E-state index is 13.1. The summed E-state index contributed by atoms with van der Waals surface area (Å²) < 4.78 is 44.6. The molecule has 0 fully saturated rings. The molecule has 0 radical (unpaired) electrons. The molecule has 5 aromatic rings. The Bertz CT molecular complexity index is 1630. The molecule has 0 unspecified atom stereocenters. The molecule has 3 aromatic carbocycles. The Labute approximate surface area is 247 Å². The van der Waals surface area contributed by atoms with Crippen LogP contribution in [-0.2, 0) is 23.1 Å². The molecule has 2 heterocycles. The number of thiophene rings is 1. The summed E-state index contributed by atoms with van der Waals surface area (Å²) >= 11 is 4.74. The zero-order chi connectivity index (χ0) is 29.0. The van der Waals surface area contributed by atoms with Crippen LogP contribution < -0.4 is 4.74 Å². The van der Waals surface area contributed by atoms with Crippen molar-refractivity contribution in [2.24, 2.45) is 0 Å². The Morgan fingerprint density at radius 2 is 1.71 bits per heavy atom. The van der Waals surface area contributed by atoms with Gasteiger partial charge in [0, 0.05) is 27.5 Å². The molecule has 0 amide bonds. The molecule has 2 aromatic heterocycles. The number of aliphatic carboxylic acids is 1. The van der Waals surface area contributed by atoms with Gasteiger partial charge in [0.25, 0.3) is 0 Å². The van der Waals surface area contributed by atoms with Crippen LogP contribution in [0.5, 0.6) is 5.75 Å². The van der Waals surface area contributed by atoms with E-state index in [2.05, 4.69) is 35.7 Å². The van der Waals surface area contributed by atoms with Crippen molar-refractivity contribution in [2.75, 3.05) is 6.61 Å². The van der Waals surface area contributed by atoms with Crippen LogP contribution in [0.3, 0.4) is 0 Å². The minimum absolute atomic E-state index is 0.404. The first-order valence-corrected chi connectivity index (χ1v) is 15.3. The molecular formula is C31H24F3NO3S3. The number of thiazole rings is 1. The number of hydrogen-bond donors (Lipinski definition) is 1. The standard InChI is InChI=1S/C31H24F3NO3S3/c1-19-14-25(10-11-27(19)38-16-29(36)37)40-18-28-26(15-20-2-4-21(5-3-20)23-12-13-39-17-23)35-30(41-28)22-6-8-24(9-7-22)31(32,33)34/h2-14,17H,15-16,18H2,1H3,(H,36,37). The van der Waals surface area contributed by atoms with Gasteiger partial charge in [0.1, 0.15) is 10.8 Å². The van der Waals surface area contributed by atoms with Gasteiger partial charge in [-0.25, -0.2) is 9.78 Å². The summed E-state index contributed by atoms with van der Waals surface area (Å²) in [6.45, 7) is 1.46. The highest BCUT2D eigenvalue weighted by atomic mass is 32.2. The molecule has 1 N–H and O–H groups in total. The van der Waals surface area contributed by atoms with Crippen LogP contribution in [0.2, 0.25) is 0 Å². The molecule has 0 saturated heterocycles. The van der Waals surface area contributed by atoms with Crippen molar-refractivity contribution < 1.29 is 27.8 Å². The van der Waals surface area contributed by atoms with E-state index in [0.717, 1.165) is 44.3 Å². The number of aryl methyl sites for hydroxylation is 1. The van der Waals surface area contributed by atoms with E-state index < -0.39 is 24.3 Å². The fraction of sp³-hybridized carbons (Fsp3) is 0.161. The summed E-state index contributed by atoms with van der Waals surface area (Å²) in [5, 5.41) is 13.7. The predicted octanol–water partition coefficient (Wildman–Crippen LogP) is 9.21. The summed E-state index contributed by atoms with van der Waals surface area (Å²) in [4.78, 5) is 17.7. The van der Waals surface area contributed by atoms with Crippen molar-refractivity contribution in [1.29, 1.82) is 0 Å². The first-order chi connectivity index (χ1) is 19.7. The number of carbonyl (C=O) groups is 1. The van der Waals surface area contributed by atoms with E-state index in [-0.39, 0.29) is 0 Å². The highest BCUT2D eigenvalue weighted by Crippen LogP contribution is 2.37. The molecule has 5 rings (SSSR count). The second-order valence-electron chi connectivity index (χ2n) is 9.25. The summed E-state index contributed by atoms with van der Waals surface area (Å²) in [5.74, 6) is 0.103. The van der Waals surface area contributed by atoms with Gasteiger partial charge in [-0.1, -0.05) is 36.4 Å². The monoisotopic (exact) mass is 611 g/mol. The summed E-state index contributed by atoms with van der Waals surface area (Å²) in [7, 11) is 0.